The van der Waals surface area contributed by atoms with Gasteiger partial charge in [0, 0.05) is 56.0 Å². The summed E-state index contributed by atoms with van der Waals surface area (Å²) in [5, 5.41) is 9.22. The lowest BCUT2D eigenvalue weighted by molar-refractivity contribution is 0.562. The maximum atomic E-state index is 6.70. The highest BCUT2D eigenvalue weighted by Gasteiger charge is 2.27. The fraction of sp³-hybridized carbons (Fsp3) is 0.138. The molecule has 0 N–H and O–H groups in total. The van der Waals surface area contributed by atoms with Crippen LogP contribution >= 0.6 is 0 Å². The van der Waals surface area contributed by atoms with Crippen LogP contribution in [0.1, 0.15) is 39.8 Å². The van der Waals surface area contributed by atoms with Gasteiger partial charge in [-0.15, -0.1) is 0 Å². The molecule has 4 nitrogen and oxygen atoms in total. The molecule has 0 amide bonds. The number of fused-ring (bicyclic) bond motifs is 9. The van der Waals surface area contributed by atoms with Crippen LogP contribution < -0.4 is 9.80 Å². The minimum Gasteiger partial charge on any atom is -0.456 e. The van der Waals surface area contributed by atoms with E-state index >= 15 is 0 Å². The van der Waals surface area contributed by atoms with Gasteiger partial charge in [-0.05, 0) is 189 Å². The summed E-state index contributed by atoms with van der Waals surface area (Å²) in [6.45, 7) is 8.57. The third kappa shape index (κ3) is 6.20. The molecule has 4 heteroatoms. The number of benzene rings is 9. The van der Waals surface area contributed by atoms with E-state index in [2.05, 4.69) is 201 Å². The Morgan fingerprint density at radius 3 is 1.29 bits per heavy atom. The van der Waals surface area contributed by atoms with Gasteiger partial charge in [-0.25, -0.2) is 0 Å². The molecule has 12 rings (SSSR count). The van der Waals surface area contributed by atoms with E-state index in [9.17, 15) is 0 Å². The molecular weight excluding hydrogens is 757 g/mol. The average Bonchev–Trinajstić information content (AvgIpc) is 3.81. The van der Waals surface area contributed by atoms with Crippen LogP contribution in [0, 0.1) is 27.7 Å². The van der Waals surface area contributed by atoms with Crippen molar-refractivity contribution in [2.45, 2.75) is 53.0 Å². The molecule has 62 heavy (non-hydrogen) atoms. The molecule has 0 spiro atoms. The first-order valence-electron chi connectivity index (χ1n) is 21.9. The van der Waals surface area contributed by atoms with E-state index in [1.807, 2.05) is 0 Å². The molecule has 0 radical (unpaired) electrons. The molecule has 11 aromatic rings. The molecule has 1 aliphatic rings. The first-order chi connectivity index (χ1) is 30.3. The van der Waals surface area contributed by atoms with Gasteiger partial charge < -0.3 is 18.6 Å². The van der Waals surface area contributed by atoms with Crippen molar-refractivity contribution in [1.29, 1.82) is 0 Å². The van der Waals surface area contributed by atoms with E-state index in [1.165, 1.54) is 60.9 Å². The number of rotatable bonds is 6. The summed E-state index contributed by atoms with van der Waals surface area (Å²) < 4.78 is 13.4. The lowest BCUT2D eigenvalue weighted by Gasteiger charge is -2.37. The van der Waals surface area contributed by atoms with Crippen molar-refractivity contribution in [2.24, 2.45) is 0 Å². The number of aryl methyl sites for hydroxylation is 5. The molecule has 300 valence electrons. The van der Waals surface area contributed by atoms with E-state index in [1.54, 1.807) is 0 Å². The summed E-state index contributed by atoms with van der Waals surface area (Å²) in [6.07, 6.45) is 3.07. The van der Waals surface area contributed by atoms with Crippen LogP contribution in [0.3, 0.4) is 0 Å². The van der Waals surface area contributed by atoms with Gasteiger partial charge in [-0.2, -0.15) is 0 Å². The minimum atomic E-state index is 0.341. The summed E-state index contributed by atoms with van der Waals surface area (Å²) >= 11 is 0. The Bertz CT molecular complexity index is 3430. The lowest BCUT2D eigenvalue weighted by atomic mass is 9.86. The summed E-state index contributed by atoms with van der Waals surface area (Å²) in [5.74, 6) is 0. The zero-order valence-corrected chi connectivity index (χ0v) is 35.5. The second-order valence-electron chi connectivity index (χ2n) is 17.7. The van der Waals surface area contributed by atoms with Crippen molar-refractivity contribution in [3.8, 4) is 0 Å². The van der Waals surface area contributed by atoms with Crippen molar-refractivity contribution >= 4 is 93.9 Å². The topological polar surface area (TPSA) is 32.8 Å². The Morgan fingerprint density at radius 2 is 0.774 bits per heavy atom. The largest absolute Gasteiger partial charge is 0.456 e. The average molecular weight is 803 g/mol. The first-order valence-corrected chi connectivity index (χ1v) is 21.9. The third-order valence-electron chi connectivity index (χ3n) is 13.3. The Labute approximate surface area is 361 Å². The molecule has 0 fully saturated rings. The molecule has 2 aromatic heterocycles. The number of nitrogens with zero attached hydrogens (tertiary/aromatic N) is 2. The number of anilines is 5. The van der Waals surface area contributed by atoms with Crippen LogP contribution in [-0.2, 0) is 12.8 Å². The SMILES string of the molecule is Cc1ccc(N(c2ccc(C)cc2)c2ccc3cc4c(cc3c2)oc2cc3cc5oc6cc7c(cc6c5cc3cc24)CCC(N(c2ccc(C)cc2)c2ccc(C)cc2)C7)cc1. The molecule has 0 aliphatic heterocycles. The minimum absolute atomic E-state index is 0.341. The van der Waals surface area contributed by atoms with Crippen LogP contribution in [0.4, 0.5) is 28.4 Å². The molecule has 0 saturated carbocycles. The highest BCUT2D eigenvalue weighted by atomic mass is 16.3. The van der Waals surface area contributed by atoms with Crippen molar-refractivity contribution in [3.05, 3.63) is 197 Å². The monoisotopic (exact) mass is 802 g/mol. The van der Waals surface area contributed by atoms with E-state index in [0.717, 1.165) is 85.6 Å². The van der Waals surface area contributed by atoms with Crippen LogP contribution in [0.15, 0.2) is 173 Å². The zero-order chi connectivity index (χ0) is 41.6. The maximum absolute atomic E-state index is 6.70. The van der Waals surface area contributed by atoms with Gasteiger partial charge in [-0.1, -0.05) is 76.9 Å². The predicted molar refractivity (Wildman–Crippen MR) is 260 cm³/mol. The highest BCUT2D eigenvalue weighted by molar-refractivity contribution is 6.17. The van der Waals surface area contributed by atoms with Gasteiger partial charge in [0.2, 0.25) is 0 Å². The van der Waals surface area contributed by atoms with E-state index < -0.39 is 0 Å². The van der Waals surface area contributed by atoms with Gasteiger partial charge in [0.25, 0.3) is 0 Å². The molecule has 1 atom stereocenters. The summed E-state index contributed by atoms with van der Waals surface area (Å²) in [7, 11) is 0. The molecule has 2 heterocycles. The van der Waals surface area contributed by atoms with E-state index in [0.29, 0.717) is 6.04 Å². The van der Waals surface area contributed by atoms with Gasteiger partial charge in [-0.3, -0.25) is 0 Å². The van der Waals surface area contributed by atoms with Crippen molar-refractivity contribution in [2.75, 3.05) is 9.80 Å². The van der Waals surface area contributed by atoms with Gasteiger partial charge >= 0.3 is 0 Å². The number of hydrogen-bond donors (Lipinski definition) is 0. The van der Waals surface area contributed by atoms with Crippen molar-refractivity contribution < 1.29 is 8.83 Å². The Balaban J connectivity index is 0.905. The molecule has 0 bridgehead atoms. The molecule has 1 aliphatic carbocycles. The number of furan rings is 2. The van der Waals surface area contributed by atoms with Gasteiger partial charge in [0.05, 0.1) is 0 Å². The normalized spacial score (nSPS) is 14.1. The smallest absolute Gasteiger partial charge is 0.136 e. The Hall–Kier alpha value is -7.30. The fourth-order valence-corrected chi connectivity index (χ4v) is 9.93. The third-order valence-corrected chi connectivity index (χ3v) is 13.3. The standard InChI is InChI=1S/C58H46N2O2/c1-35-5-15-45(16-6-35)59(46-17-7-36(2)8-18-46)49-23-13-39-27-51-53-29-43-30-54-52-28-40-14-24-50(60(47-19-9-37(3)10-20-47)48-21-11-38(4)12-22-48)26-42(40)32-56(52)62-58(54)34-44(43)33-57(53)61-55(51)31-41(39)25-49/h5-13,15-23,25,27-34,50H,14,24,26H2,1-4H3. The number of hydrogen-bond acceptors (Lipinski definition) is 4. The predicted octanol–water partition coefficient (Wildman–Crippen LogP) is 16.2. The second kappa shape index (κ2) is 14.1. The summed E-state index contributed by atoms with van der Waals surface area (Å²) in [4.78, 5) is 4.87. The van der Waals surface area contributed by atoms with Crippen molar-refractivity contribution in [1.82, 2.24) is 0 Å². The van der Waals surface area contributed by atoms with E-state index in [-0.39, 0.29) is 0 Å². The zero-order valence-electron chi connectivity index (χ0n) is 35.5. The molecule has 1 unspecified atom stereocenters. The van der Waals surface area contributed by atoms with Gasteiger partial charge in [0.1, 0.15) is 22.3 Å². The van der Waals surface area contributed by atoms with Crippen LogP contribution in [0.25, 0.3) is 65.4 Å². The van der Waals surface area contributed by atoms with Crippen molar-refractivity contribution in [3.63, 3.8) is 0 Å². The highest BCUT2D eigenvalue weighted by Crippen LogP contribution is 2.42. The fourth-order valence-electron chi connectivity index (χ4n) is 9.93. The van der Waals surface area contributed by atoms with Crippen LogP contribution in [0.5, 0.6) is 0 Å². The van der Waals surface area contributed by atoms with E-state index in [4.69, 9.17) is 8.83 Å². The second-order valence-corrected chi connectivity index (χ2v) is 17.7. The molecule has 9 aromatic carbocycles. The quantitative estimate of drug-likeness (QED) is 0.168. The first kappa shape index (κ1) is 36.5. The Morgan fingerprint density at radius 1 is 0.371 bits per heavy atom. The Kier molecular flexibility index (Phi) is 8.33. The van der Waals surface area contributed by atoms with Crippen LogP contribution in [0.2, 0.25) is 0 Å². The van der Waals surface area contributed by atoms with Crippen LogP contribution in [-0.4, -0.2) is 6.04 Å². The summed E-state index contributed by atoms with van der Waals surface area (Å²) in [6, 6.07) is 60.8. The maximum Gasteiger partial charge on any atom is 0.136 e. The molecule has 0 saturated heterocycles. The lowest BCUT2D eigenvalue weighted by Crippen LogP contribution is -2.36. The summed E-state index contributed by atoms with van der Waals surface area (Å²) in [5.41, 5.74) is 17.3. The van der Waals surface area contributed by atoms with Gasteiger partial charge in [0.15, 0.2) is 0 Å². The molecular formula is C58H46N2O2.